The van der Waals surface area contributed by atoms with Crippen molar-refractivity contribution in [2.75, 3.05) is 42.9 Å². The van der Waals surface area contributed by atoms with E-state index in [0.29, 0.717) is 58.5 Å². The summed E-state index contributed by atoms with van der Waals surface area (Å²) in [5, 5.41) is 6.11. The number of ether oxygens (including phenoxy) is 1. The fraction of sp³-hybridized carbons (Fsp3) is 0.523. The van der Waals surface area contributed by atoms with Crippen LogP contribution in [0.25, 0.3) is 11.0 Å². The minimum atomic E-state index is -3.49. The molecule has 3 aliphatic heterocycles. The summed E-state index contributed by atoms with van der Waals surface area (Å²) in [7, 11) is -3.49. The average molecular weight is 842 g/mol. The summed E-state index contributed by atoms with van der Waals surface area (Å²) in [6, 6.07) is 14.8. The summed E-state index contributed by atoms with van der Waals surface area (Å²) in [6.07, 6.45) is 11.3. The van der Waals surface area contributed by atoms with Gasteiger partial charge in [-0.1, -0.05) is 30.5 Å². The van der Waals surface area contributed by atoms with Gasteiger partial charge in [-0.05, 0) is 125 Å². The standard InChI is InChI=1S/C44H52ClN7O6S/c1-28-21-34(9-10-37(28)47-43-46-26-30-22-36(45)42(55)52(40(30)49-43)31-5-2-3-6-31)59(56,57)35-24-44(25-35)15-19-50(20-16-44)27-29-13-17-51(18-14-29)32-7-4-8-33(23-32)58-38-11-12-39(53)48-41(38)54/h4,7-10,21-23,26,29,31,35,38H,2-3,5-6,11-20,24-25,27H2,1H3,(H,46,47,49)(H,48,53,54). The Morgan fingerprint density at radius 3 is 2.44 bits per heavy atom. The minimum absolute atomic E-state index is 0.0559. The van der Waals surface area contributed by atoms with Crippen LogP contribution in [-0.4, -0.2) is 83.7 Å². The maximum absolute atomic E-state index is 13.9. The monoisotopic (exact) mass is 841 g/mol. The van der Waals surface area contributed by atoms with Crippen LogP contribution in [0, 0.1) is 18.3 Å². The molecular weight excluding hydrogens is 790 g/mol. The highest BCUT2D eigenvalue weighted by atomic mass is 35.5. The van der Waals surface area contributed by atoms with Gasteiger partial charge in [-0.15, -0.1) is 0 Å². The van der Waals surface area contributed by atoms with Crippen molar-refractivity contribution in [3.8, 4) is 5.75 Å². The fourth-order valence-electron chi connectivity index (χ4n) is 10.1. The molecule has 9 rings (SSSR count). The van der Waals surface area contributed by atoms with Gasteiger partial charge in [0.1, 0.15) is 16.4 Å². The fourth-order valence-corrected chi connectivity index (χ4v) is 12.4. The second kappa shape index (κ2) is 16.2. The highest BCUT2D eigenvalue weighted by Crippen LogP contribution is 2.53. The predicted molar refractivity (Wildman–Crippen MR) is 227 cm³/mol. The lowest BCUT2D eigenvalue weighted by Gasteiger charge is -2.52. The molecule has 1 atom stereocenters. The molecule has 1 spiro atoms. The predicted octanol–water partition coefficient (Wildman–Crippen LogP) is 6.73. The number of imide groups is 1. The molecule has 2 aromatic carbocycles. The van der Waals surface area contributed by atoms with Gasteiger partial charge in [-0.2, -0.15) is 4.98 Å². The minimum Gasteiger partial charge on any atom is -0.481 e. The third-order valence-electron chi connectivity index (χ3n) is 13.6. The van der Waals surface area contributed by atoms with Crippen LogP contribution in [0.4, 0.5) is 17.3 Å². The topological polar surface area (TPSA) is 156 Å². The number of likely N-dealkylation sites (tertiary alicyclic amines) is 1. The van der Waals surface area contributed by atoms with Crippen molar-refractivity contribution in [3.63, 3.8) is 0 Å². The molecule has 13 nitrogen and oxygen atoms in total. The number of aromatic nitrogens is 3. The van der Waals surface area contributed by atoms with Crippen molar-refractivity contribution in [1.82, 2.24) is 24.8 Å². The number of rotatable bonds is 10. The number of pyridine rings is 1. The summed E-state index contributed by atoms with van der Waals surface area (Å²) in [6.45, 7) is 6.88. The van der Waals surface area contributed by atoms with E-state index >= 15 is 0 Å². The van der Waals surface area contributed by atoms with E-state index < -0.39 is 15.9 Å². The van der Waals surface area contributed by atoms with Crippen molar-refractivity contribution in [2.45, 2.75) is 106 Å². The molecule has 2 amide bonds. The number of nitrogens with one attached hydrogen (secondary N) is 2. The van der Waals surface area contributed by atoms with E-state index in [1.165, 1.54) is 0 Å². The number of sulfone groups is 1. The summed E-state index contributed by atoms with van der Waals surface area (Å²) >= 11 is 6.30. The number of nitrogens with zero attached hydrogens (tertiary/aromatic N) is 5. The summed E-state index contributed by atoms with van der Waals surface area (Å²) in [5.41, 5.74) is 2.98. The number of piperidine rings is 3. The summed E-state index contributed by atoms with van der Waals surface area (Å²) < 4.78 is 35.4. The van der Waals surface area contributed by atoms with E-state index in [4.69, 9.17) is 21.3 Å². The van der Waals surface area contributed by atoms with E-state index in [-0.39, 0.29) is 45.5 Å². The van der Waals surface area contributed by atoms with Crippen LogP contribution in [0.3, 0.4) is 0 Å². The SMILES string of the molecule is Cc1cc(S(=O)(=O)C2CC3(CCN(CC4CCN(c5cccc(OC6CCC(=O)NC6=O)c5)CC4)CC3)C2)ccc1Nc1ncc2cc(Cl)c(=O)n(C3CCCC3)c2n1. The number of aryl methyl sites for hydroxylation is 1. The summed E-state index contributed by atoms with van der Waals surface area (Å²) in [5.74, 6) is 0.966. The number of hydrogen-bond donors (Lipinski definition) is 2. The number of carbonyl (C=O) groups is 2. The number of amides is 2. The van der Waals surface area contributed by atoms with Gasteiger partial charge in [0.25, 0.3) is 11.5 Å². The Labute approximate surface area is 349 Å². The molecule has 0 radical (unpaired) electrons. The largest absolute Gasteiger partial charge is 0.481 e. The lowest BCUT2D eigenvalue weighted by molar-refractivity contribution is -0.138. The Kier molecular flexibility index (Phi) is 10.9. The van der Waals surface area contributed by atoms with Gasteiger partial charge >= 0.3 is 0 Å². The van der Waals surface area contributed by atoms with Gasteiger partial charge in [0.05, 0.1) is 10.1 Å². The second-order valence-corrected chi connectivity index (χ2v) is 20.2. The number of fused-ring (bicyclic) bond motifs is 1. The van der Waals surface area contributed by atoms with Crippen molar-refractivity contribution in [2.24, 2.45) is 11.3 Å². The zero-order chi connectivity index (χ0) is 40.9. The van der Waals surface area contributed by atoms with E-state index in [0.717, 1.165) is 95.3 Å². The number of anilines is 3. The molecule has 2 N–H and O–H groups in total. The van der Waals surface area contributed by atoms with Gasteiger partial charge in [0.15, 0.2) is 15.9 Å². The maximum atomic E-state index is 13.9. The average Bonchev–Trinajstić information content (AvgIpc) is 3.75. The molecule has 5 fully saturated rings. The van der Waals surface area contributed by atoms with Gasteiger partial charge in [0.2, 0.25) is 11.9 Å². The highest BCUT2D eigenvalue weighted by molar-refractivity contribution is 7.92. The first-order valence-electron chi connectivity index (χ1n) is 21.2. The lowest BCUT2D eigenvalue weighted by Crippen LogP contribution is -2.52. The molecule has 4 aromatic rings. The molecular formula is C44H52ClN7O6S. The molecule has 15 heteroatoms. The normalized spacial score (nSPS) is 22.1. The van der Waals surface area contributed by atoms with Crippen LogP contribution in [0.15, 0.2) is 64.4 Å². The third-order valence-corrected chi connectivity index (χ3v) is 16.0. The van der Waals surface area contributed by atoms with E-state index in [9.17, 15) is 22.8 Å². The Morgan fingerprint density at radius 2 is 1.71 bits per heavy atom. The van der Waals surface area contributed by atoms with Crippen LogP contribution in [0.1, 0.15) is 88.7 Å². The molecule has 2 aliphatic carbocycles. The molecule has 312 valence electrons. The Hall–Kier alpha value is -4.53. The van der Waals surface area contributed by atoms with Crippen molar-refractivity contribution < 1.29 is 22.7 Å². The molecule has 3 saturated heterocycles. The number of benzene rings is 2. The number of hydrogen-bond acceptors (Lipinski definition) is 11. The Morgan fingerprint density at radius 1 is 0.949 bits per heavy atom. The molecule has 0 bridgehead atoms. The Balaban J connectivity index is 0.755. The van der Waals surface area contributed by atoms with Crippen LogP contribution in [0.5, 0.6) is 5.75 Å². The van der Waals surface area contributed by atoms with Gasteiger partial charge in [-0.3, -0.25) is 24.3 Å². The molecule has 5 heterocycles. The third kappa shape index (κ3) is 8.20. The van der Waals surface area contributed by atoms with Crippen molar-refractivity contribution >= 4 is 61.6 Å². The van der Waals surface area contributed by atoms with E-state index in [1.54, 1.807) is 35.0 Å². The van der Waals surface area contributed by atoms with Crippen LogP contribution < -0.4 is 25.8 Å². The quantitative estimate of drug-likeness (QED) is 0.163. The molecule has 2 saturated carbocycles. The number of carbonyl (C=O) groups excluding carboxylic acids is 2. The Bertz CT molecular complexity index is 2430. The zero-order valence-electron chi connectivity index (χ0n) is 33.5. The second-order valence-electron chi connectivity index (χ2n) is 17.5. The maximum Gasteiger partial charge on any atom is 0.271 e. The van der Waals surface area contributed by atoms with Crippen LogP contribution >= 0.6 is 11.6 Å². The van der Waals surface area contributed by atoms with Crippen molar-refractivity contribution in [1.29, 1.82) is 0 Å². The van der Waals surface area contributed by atoms with Gasteiger partial charge < -0.3 is 19.9 Å². The van der Waals surface area contributed by atoms with Crippen LogP contribution in [0.2, 0.25) is 5.02 Å². The molecule has 5 aliphatic rings. The zero-order valence-corrected chi connectivity index (χ0v) is 35.1. The number of halogens is 1. The van der Waals surface area contributed by atoms with Crippen LogP contribution in [-0.2, 0) is 19.4 Å². The molecule has 59 heavy (non-hydrogen) atoms. The van der Waals surface area contributed by atoms with E-state index in [1.807, 2.05) is 25.1 Å². The molecule has 2 aromatic heterocycles. The first-order chi connectivity index (χ1) is 28.4. The molecule has 1 unspecified atom stereocenters. The van der Waals surface area contributed by atoms with Gasteiger partial charge in [-0.25, -0.2) is 13.4 Å². The van der Waals surface area contributed by atoms with Gasteiger partial charge in [0, 0.05) is 67.5 Å². The smallest absolute Gasteiger partial charge is 0.271 e. The highest BCUT2D eigenvalue weighted by Gasteiger charge is 2.51. The van der Waals surface area contributed by atoms with E-state index in [2.05, 4.69) is 31.5 Å². The first-order valence-corrected chi connectivity index (χ1v) is 23.1. The lowest BCUT2D eigenvalue weighted by atomic mass is 9.63. The summed E-state index contributed by atoms with van der Waals surface area (Å²) in [4.78, 5) is 51.3. The van der Waals surface area contributed by atoms with Crippen molar-refractivity contribution in [3.05, 3.63) is 75.7 Å². The first kappa shape index (κ1) is 39.9.